The van der Waals surface area contributed by atoms with E-state index >= 15 is 0 Å². The third kappa shape index (κ3) is 3.56. The highest BCUT2D eigenvalue weighted by molar-refractivity contribution is 9.10. The van der Waals surface area contributed by atoms with Crippen LogP contribution in [0.25, 0.3) is 0 Å². The fraction of sp³-hybridized carbons (Fsp3) is 0.154. The SMILES string of the molecule is C[C@H](O)c1ccc(Sc2ccc(Br)cc2)cn1. The molecule has 0 aliphatic carbocycles. The molecule has 0 bridgehead atoms. The summed E-state index contributed by atoms with van der Waals surface area (Å²) in [5.74, 6) is 0. The average molecular weight is 310 g/mol. The predicted octanol–water partition coefficient (Wildman–Crippen LogP) is 4.05. The van der Waals surface area contributed by atoms with E-state index in [1.165, 1.54) is 4.90 Å². The fourth-order valence-electron chi connectivity index (χ4n) is 1.34. The first-order valence-electron chi connectivity index (χ1n) is 5.22. The third-order valence-corrected chi connectivity index (χ3v) is 3.75. The van der Waals surface area contributed by atoms with E-state index in [0.717, 1.165) is 9.37 Å². The Morgan fingerprint density at radius 3 is 2.29 bits per heavy atom. The molecule has 1 atom stereocenters. The van der Waals surface area contributed by atoms with E-state index in [4.69, 9.17) is 0 Å². The van der Waals surface area contributed by atoms with Crippen molar-refractivity contribution < 1.29 is 5.11 Å². The summed E-state index contributed by atoms with van der Waals surface area (Å²) in [5, 5.41) is 9.36. The van der Waals surface area contributed by atoms with Crippen molar-refractivity contribution in [2.75, 3.05) is 0 Å². The fourth-order valence-corrected chi connectivity index (χ4v) is 2.39. The van der Waals surface area contributed by atoms with Crippen LogP contribution < -0.4 is 0 Å². The van der Waals surface area contributed by atoms with Crippen LogP contribution in [0.2, 0.25) is 0 Å². The highest BCUT2D eigenvalue weighted by Gasteiger charge is 2.03. The van der Waals surface area contributed by atoms with Crippen molar-refractivity contribution in [1.82, 2.24) is 4.98 Å². The van der Waals surface area contributed by atoms with Crippen molar-refractivity contribution >= 4 is 27.7 Å². The summed E-state index contributed by atoms with van der Waals surface area (Å²) in [5.41, 5.74) is 0.699. The number of aromatic nitrogens is 1. The number of pyridine rings is 1. The molecule has 0 aliphatic rings. The number of hydrogen-bond donors (Lipinski definition) is 1. The first-order chi connectivity index (χ1) is 8.15. The molecule has 88 valence electrons. The summed E-state index contributed by atoms with van der Waals surface area (Å²) in [4.78, 5) is 6.44. The highest BCUT2D eigenvalue weighted by Crippen LogP contribution is 2.28. The van der Waals surface area contributed by atoms with Gasteiger partial charge in [-0.05, 0) is 43.3 Å². The van der Waals surface area contributed by atoms with Crippen molar-refractivity contribution in [3.63, 3.8) is 0 Å². The molecule has 2 rings (SSSR count). The van der Waals surface area contributed by atoms with Gasteiger partial charge in [0.05, 0.1) is 11.8 Å². The minimum Gasteiger partial charge on any atom is -0.387 e. The van der Waals surface area contributed by atoms with Crippen LogP contribution in [0, 0.1) is 0 Å². The number of hydrogen-bond acceptors (Lipinski definition) is 3. The molecule has 0 amide bonds. The van der Waals surface area contributed by atoms with Crippen LogP contribution in [-0.2, 0) is 0 Å². The van der Waals surface area contributed by atoms with E-state index in [-0.39, 0.29) is 0 Å². The van der Waals surface area contributed by atoms with Crippen molar-refractivity contribution in [1.29, 1.82) is 0 Å². The van der Waals surface area contributed by atoms with Gasteiger partial charge in [-0.2, -0.15) is 0 Å². The molecular weight excluding hydrogens is 298 g/mol. The second kappa shape index (κ2) is 5.67. The van der Waals surface area contributed by atoms with Crippen molar-refractivity contribution in [2.45, 2.75) is 22.8 Å². The first kappa shape index (κ1) is 12.6. The molecule has 0 aliphatic heterocycles. The zero-order valence-electron chi connectivity index (χ0n) is 9.30. The number of aliphatic hydroxyl groups excluding tert-OH is 1. The number of aliphatic hydroxyl groups is 1. The Balaban J connectivity index is 2.11. The normalized spacial score (nSPS) is 12.4. The Morgan fingerprint density at radius 1 is 1.12 bits per heavy atom. The van der Waals surface area contributed by atoms with Crippen molar-refractivity contribution in [3.05, 3.63) is 52.8 Å². The predicted molar refractivity (Wildman–Crippen MR) is 73.1 cm³/mol. The van der Waals surface area contributed by atoms with Gasteiger partial charge in [0.15, 0.2) is 0 Å². The highest BCUT2D eigenvalue weighted by atomic mass is 79.9. The lowest BCUT2D eigenvalue weighted by molar-refractivity contribution is 0.194. The van der Waals surface area contributed by atoms with Crippen molar-refractivity contribution in [3.8, 4) is 0 Å². The smallest absolute Gasteiger partial charge is 0.0931 e. The molecule has 1 N–H and O–H groups in total. The lowest BCUT2D eigenvalue weighted by Crippen LogP contribution is -1.94. The van der Waals surface area contributed by atoms with E-state index in [1.54, 1.807) is 24.9 Å². The minimum absolute atomic E-state index is 0.512. The summed E-state index contributed by atoms with van der Waals surface area (Å²) >= 11 is 5.06. The quantitative estimate of drug-likeness (QED) is 0.928. The third-order valence-electron chi connectivity index (χ3n) is 2.24. The van der Waals surface area contributed by atoms with Crippen LogP contribution in [0.15, 0.2) is 56.9 Å². The van der Waals surface area contributed by atoms with Gasteiger partial charge in [0.25, 0.3) is 0 Å². The van der Waals surface area contributed by atoms with Crippen LogP contribution in [-0.4, -0.2) is 10.1 Å². The molecule has 0 spiro atoms. The number of benzene rings is 1. The van der Waals surface area contributed by atoms with Gasteiger partial charge in [0.1, 0.15) is 0 Å². The van der Waals surface area contributed by atoms with Gasteiger partial charge in [0.2, 0.25) is 0 Å². The number of rotatable bonds is 3. The molecule has 0 saturated heterocycles. The molecular formula is C13H12BrNOS. The van der Waals surface area contributed by atoms with Crippen molar-refractivity contribution in [2.24, 2.45) is 0 Å². The summed E-state index contributed by atoms with van der Waals surface area (Å²) in [6, 6.07) is 12.0. The van der Waals surface area contributed by atoms with E-state index in [0.29, 0.717) is 5.69 Å². The molecule has 2 aromatic rings. The topological polar surface area (TPSA) is 33.1 Å². The van der Waals surface area contributed by atoms with Gasteiger partial charge in [-0.25, -0.2) is 0 Å². The lowest BCUT2D eigenvalue weighted by Gasteiger charge is -2.05. The summed E-state index contributed by atoms with van der Waals surface area (Å²) in [6.45, 7) is 1.71. The molecule has 0 unspecified atom stereocenters. The standard InChI is InChI=1S/C13H12BrNOS/c1-9(16)13-7-6-12(8-15-13)17-11-4-2-10(14)3-5-11/h2-9,16H,1H3/t9-/m0/s1. The number of halogens is 1. The van der Waals surface area contributed by atoms with Gasteiger partial charge in [-0.1, -0.05) is 27.7 Å². The maximum absolute atomic E-state index is 9.36. The first-order valence-corrected chi connectivity index (χ1v) is 6.83. The lowest BCUT2D eigenvalue weighted by atomic mass is 10.2. The van der Waals surface area contributed by atoms with Crippen LogP contribution in [0.5, 0.6) is 0 Å². The molecule has 0 saturated carbocycles. The molecule has 4 heteroatoms. The molecule has 1 aromatic heterocycles. The van der Waals surface area contributed by atoms with Gasteiger partial charge in [0, 0.05) is 20.5 Å². The minimum atomic E-state index is -0.512. The largest absolute Gasteiger partial charge is 0.387 e. The Kier molecular flexibility index (Phi) is 4.20. The van der Waals surface area contributed by atoms with Gasteiger partial charge in [-0.3, -0.25) is 4.98 Å². The van der Waals surface area contributed by atoms with Crippen LogP contribution in [0.3, 0.4) is 0 Å². The van der Waals surface area contributed by atoms with Gasteiger partial charge < -0.3 is 5.11 Å². The molecule has 0 radical (unpaired) electrons. The van der Waals surface area contributed by atoms with E-state index in [2.05, 4.69) is 33.0 Å². The Bertz CT molecular complexity index is 482. The average Bonchev–Trinajstić information content (AvgIpc) is 2.33. The molecule has 1 aromatic carbocycles. The molecule has 1 heterocycles. The maximum atomic E-state index is 9.36. The van der Waals surface area contributed by atoms with E-state index in [9.17, 15) is 5.11 Å². The Morgan fingerprint density at radius 2 is 1.76 bits per heavy atom. The van der Waals surface area contributed by atoms with E-state index in [1.807, 2.05) is 24.3 Å². The molecule has 17 heavy (non-hydrogen) atoms. The zero-order valence-corrected chi connectivity index (χ0v) is 11.7. The summed E-state index contributed by atoms with van der Waals surface area (Å²) < 4.78 is 1.07. The second-order valence-corrected chi connectivity index (χ2v) is 5.71. The Labute approximate surface area is 113 Å². The Hall–Kier alpha value is -0.840. The van der Waals surface area contributed by atoms with Crippen LogP contribution >= 0.6 is 27.7 Å². The summed E-state index contributed by atoms with van der Waals surface area (Å²) in [6.07, 6.45) is 1.27. The van der Waals surface area contributed by atoms with Gasteiger partial charge >= 0.3 is 0 Å². The molecule has 0 fully saturated rings. The maximum Gasteiger partial charge on any atom is 0.0931 e. The van der Waals surface area contributed by atoms with Crippen LogP contribution in [0.1, 0.15) is 18.7 Å². The van der Waals surface area contributed by atoms with Crippen LogP contribution in [0.4, 0.5) is 0 Å². The number of nitrogens with zero attached hydrogens (tertiary/aromatic N) is 1. The van der Waals surface area contributed by atoms with Gasteiger partial charge in [-0.15, -0.1) is 0 Å². The monoisotopic (exact) mass is 309 g/mol. The zero-order chi connectivity index (χ0) is 12.3. The molecule has 2 nitrogen and oxygen atoms in total. The summed E-state index contributed by atoms with van der Waals surface area (Å²) in [7, 11) is 0. The second-order valence-electron chi connectivity index (χ2n) is 3.65. The van der Waals surface area contributed by atoms with E-state index < -0.39 is 6.10 Å².